The highest BCUT2D eigenvalue weighted by Gasteiger charge is 2.29. The van der Waals surface area contributed by atoms with E-state index < -0.39 is 11.6 Å². The predicted molar refractivity (Wildman–Crippen MR) is 73.5 cm³/mol. The number of halogens is 2. The number of nitrogens with one attached hydrogen (secondary N) is 2. The molecule has 1 aromatic carbocycles. The van der Waals surface area contributed by atoms with Gasteiger partial charge in [0.2, 0.25) is 0 Å². The summed E-state index contributed by atoms with van der Waals surface area (Å²) in [6.07, 6.45) is 2.29. The molecule has 3 nitrogen and oxygen atoms in total. The Labute approximate surface area is 118 Å². The van der Waals surface area contributed by atoms with Crippen molar-refractivity contribution in [1.82, 2.24) is 0 Å². The Hall–Kier alpha value is -1.49. The van der Waals surface area contributed by atoms with Crippen molar-refractivity contribution in [1.29, 1.82) is 0 Å². The highest BCUT2D eigenvalue weighted by molar-refractivity contribution is 5.93. The van der Waals surface area contributed by atoms with Crippen LogP contribution in [0, 0.1) is 17.6 Å². The van der Waals surface area contributed by atoms with E-state index in [4.69, 9.17) is 0 Å². The van der Waals surface area contributed by atoms with Crippen molar-refractivity contribution in [3.8, 4) is 0 Å². The molecule has 5 heteroatoms. The molecule has 1 aliphatic heterocycles. The van der Waals surface area contributed by atoms with Gasteiger partial charge in [0.15, 0.2) is 6.04 Å². The van der Waals surface area contributed by atoms with Crippen LogP contribution in [-0.4, -0.2) is 25.0 Å². The molecule has 1 fully saturated rings. The molecule has 1 saturated heterocycles. The first kappa shape index (κ1) is 14.9. The van der Waals surface area contributed by atoms with E-state index in [0.29, 0.717) is 5.92 Å². The van der Waals surface area contributed by atoms with Gasteiger partial charge in [-0.1, -0.05) is 6.92 Å². The van der Waals surface area contributed by atoms with Crippen molar-refractivity contribution in [3.05, 3.63) is 29.8 Å². The summed E-state index contributed by atoms with van der Waals surface area (Å²) < 4.78 is 26.6. The molecule has 110 valence electrons. The Kier molecular flexibility index (Phi) is 4.70. The van der Waals surface area contributed by atoms with Gasteiger partial charge in [-0.3, -0.25) is 4.79 Å². The molecular formula is C15H21F2N2O+. The van der Waals surface area contributed by atoms with Crippen molar-refractivity contribution >= 4 is 11.6 Å². The topological polar surface area (TPSA) is 33.5 Å². The van der Waals surface area contributed by atoms with Gasteiger partial charge < -0.3 is 10.2 Å². The van der Waals surface area contributed by atoms with Crippen molar-refractivity contribution in [2.45, 2.75) is 32.7 Å². The lowest BCUT2D eigenvalue weighted by Gasteiger charge is -2.31. The fraction of sp³-hybridized carbons (Fsp3) is 0.533. The van der Waals surface area contributed by atoms with Crippen LogP contribution in [0.2, 0.25) is 0 Å². The van der Waals surface area contributed by atoms with Crippen LogP contribution in [-0.2, 0) is 4.79 Å². The van der Waals surface area contributed by atoms with Crippen molar-refractivity contribution in [2.24, 2.45) is 5.92 Å². The van der Waals surface area contributed by atoms with Gasteiger partial charge in [0.1, 0.15) is 11.6 Å². The molecule has 1 aromatic rings. The maximum Gasteiger partial charge on any atom is 0.282 e. The molecule has 1 unspecified atom stereocenters. The number of piperidine rings is 1. The maximum atomic E-state index is 13.5. The largest absolute Gasteiger partial charge is 0.325 e. The van der Waals surface area contributed by atoms with Crippen LogP contribution in [0.4, 0.5) is 14.5 Å². The van der Waals surface area contributed by atoms with Gasteiger partial charge >= 0.3 is 0 Å². The first-order valence-corrected chi connectivity index (χ1v) is 7.08. The Morgan fingerprint density at radius 3 is 2.90 bits per heavy atom. The number of rotatable bonds is 3. The second-order valence-electron chi connectivity index (χ2n) is 5.69. The molecule has 20 heavy (non-hydrogen) atoms. The lowest BCUT2D eigenvalue weighted by Crippen LogP contribution is -3.17. The van der Waals surface area contributed by atoms with E-state index in [0.717, 1.165) is 37.7 Å². The maximum absolute atomic E-state index is 13.5. The van der Waals surface area contributed by atoms with Gasteiger partial charge in [-0.25, -0.2) is 8.78 Å². The number of anilines is 1. The third kappa shape index (κ3) is 3.54. The number of hydrogen-bond donors (Lipinski definition) is 2. The summed E-state index contributed by atoms with van der Waals surface area (Å²) in [6.45, 7) is 5.90. The summed E-state index contributed by atoms with van der Waals surface area (Å²) in [5, 5.41) is 2.49. The van der Waals surface area contributed by atoms with E-state index >= 15 is 0 Å². The van der Waals surface area contributed by atoms with Crippen LogP contribution < -0.4 is 10.2 Å². The lowest BCUT2D eigenvalue weighted by atomic mass is 9.99. The van der Waals surface area contributed by atoms with Crippen molar-refractivity contribution in [3.63, 3.8) is 0 Å². The van der Waals surface area contributed by atoms with E-state index in [1.54, 1.807) is 0 Å². The molecule has 0 radical (unpaired) electrons. The van der Waals surface area contributed by atoms with Crippen LogP contribution in [0.1, 0.15) is 26.7 Å². The predicted octanol–water partition coefficient (Wildman–Crippen LogP) is 1.61. The highest BCUT2D eigenvalue weighted by atomic mass is 19.1. The lowest BCUT2D eigenvalue weighted by molar-refractivity contribution is -0.922. The standard InChI is InChI=1S/C15H20F2N2O/c1-10-4-3-7-19(9-10)11(2)15(20)18-14-8-12(16)5-6-13(14)17/h5-6,8,10-11H,3-4,7,9H2,1-2H3,(H,18,20)/p+1/t10-,11-/m0/s1. The minimum atomic E-state index is -0.617. The average Bonchev–Trinajstić information content (AvgIpc) is 2.42. The third-order valence-corrected chi connectivity index (χ3v) is 4.00. The Bertz CT molecular complexity index is 493. The molecule has 3 atom stereocenters. The minimum absolute atomic E-state index is 0.0914. The van der Waals surface area contributed by atoms with Gasteiger partial charge in [-0.05, 0) is 31.9 Å². The summed E-state index contributed by atoms with van der Waals surface area (Å²) in [4.78, 5) is 13.4. The van der Waals surface area contributed by atoms with Gasteiger partial charge in [-0.2, -0.15) is 0 Å². The average molecular weight is 283 g/mol. The Balaban J connectivity index is 2.02. The number of carbonyl (C=O) groups is 1. The molecule has 2 N–H and O–H groups in total. The summed E-state index contributed by atoms with van der Waals surface area (Å²) >= 11 is 0. The number of quaternary nitrogens is 1. The number of likely N-dealkylation sites (tertiary alicyclic amines) is 1. The second-order valence-corrected chi connectivity index (χ2v) is 5.69. The summed E-state index contributed by atoms with van der Waals surface area (Å²) in [7, 11) is 0. The van der Waals surface area contributed by atoms with E-state index in [2.05, 4.69) is 12.2 Å². The van der Waals surface area contributed by atoms with Crippen LogP contribution in [0.25, 0.3) is 0 Å². The van der Waals surface area contributed by atoms with E-state index in [1.165, 1.54) is 11.3 Å². The highest BCUT2D eigenvalue weighted by Crippen LogP contribution is 2.15. The molecule has 1 aliphatic rings. The smallest absolute Gasteiger partial charge is 0.282 e. The first-order valence-electron chi connectivity index (χ1n) is 7.08. The Morgan fingerprint density at radius 1 is 1.45 bits per heavy atom. The van der Waals surface area contributed by atoms with Crippen LogP contribution in [0.3, 0.4) is 0 Å². The normalized spacial score (nSPS) is 24.2. The van der Waals surface area contributed by atoms with E-state index in [-0.39, 0.29) is 17.6 Å². The molecular weight excluding hydrogens is 262 g/mol. The minimum Gasteiger partial charge on any atom is -0.325 e. The molecule has 0 bridgehead atoms. The van der Waals surface area contributed by atoms with Gasteiger partial charge in [0, 0.05) is 12.0 Å². The monoisotopic (exact) mass is 283 g/mol. The quantitative estimate of drug-likeness (QED) is 0.868. The molecule has 0 aromatic heterocycles. The molecule has 0 saturated carbocycles. The molecule has 2 rings (SSSR count). The van der Waals surface area contributed by atoms with Crippen LogP contribution in [0.15, 0.2) is 18.2 Å². The zero-order chi connectivity index (χ0) is 14.7. The van der Waals surface area contributed by atoms with Gasteiger partial charge in [-0.15, -0.1) is 0 Å². The summed E-state index contributed by atoms with van der Waals surface area (Å²) in [5.41, 5.74) is -0.0914. The zero-order valence-corrected chi connectivity index (χ0v) is 11.9. The fourth-order valence-electron chi connectivity index (χ4n) is 2.74. The first-order chi connectivity index (χ1) is 9.47. The van der Waals surface area contributed by atoms with E-state index in [1.807, 2.05) is 6.92 Å². The fourth-order valence-corrected chi connectivity index (χ4v) is 2.74. The summed E-state index contributed by atoms with van der Waals surface area (Å²) in [6, 6.07) is 2.80. The van der Waals surface area contributed by atoms with Crippen LogP contribution in [0.5, 0.6) is 0 Å². The van der Waals surface area contributed by atoms with Crippen molar-refractivity contribution in [2.75, 3.05) is 18.4 Å². The third-order valence-electron chi connectivity index (χ3n) is 4.00. The van der Waals surface area contributed by atoms with Crippen LogP contribution >= 0.6 is 0 Å². The SMILES string of the molecule is C[C@H]1CCC[NH+]([C@@H](C)C(=O)Nc2cc(F)ccc2F)C1. The van der Waals surface area contributed by atoms with Gasteiger partial charge in [0.05, 0.1) is 18.8 Å². The summed E-state index contributed by atoms with van der Waals surface area (Å²) in [5.74, 6) is -0.847. The molecule has 0 spiro atoms. The number of hydrogen-bond acceptors (Lipinski definition) is 1. The number of benzene rings is 1. The Morgan fingerprint density at radius 2 is 2.20 bits per heavy atom. The number of amides is 1. The molecule has 1 heterocycles. The second kappa shape index (κ2) is 6.31. The zero-order valence-electron chi connectivity index (χ0n) is 11.9. The van der Waals surface area contributed by atoms with Gasteiger partial charge in [0.25, 0.3) is 5.91 Å². The molecule has 0 aliphatic carbocycles. The molecule has 1 amide bonds. The van der Waals surface area contributed by atoms with E-state index in [9.17, 15) is 13.6 Å². The number of carbonyl (C=O) groups excluding carboxylic acids is 1. The van der Waals surface area contributed by atoms with Crippen molar-refractivity contribution < 1.29 is 18.5 Å².